The molecule has 0 radical (unpaired) electrons. The number of hydrogen-bond donors (Lipinski definition) is 1. The maximum absolute atomic E-state index is 15.0. The van der Waals surface area contributed by atoms with Crippen molar-refractivity contribution in [3.63, 3.8) is 0 Å². The molecule has 0 spiro atoms. The molecule has 3 aromatic carbocycles. The van der Waals surface area contributed by atoms with E-state index in [-0.39, 0.29) is 17.0 Å². The van der Waals surface area contributed by atoms with Crippen LogP contribution in [0.1, 0.15) is 26.3 Å². The van der Waals surface area contributed by atoms with E-state index < -0.39 is 5.82 Å². The fraction of sp³-hybridized carbons (Fsp3) is 0.323. The quantitative estimate of drug-likeness (QED) is 0.328. The molecule has 0 unspecified atom stereocenters. The van der Waals surface area contributed by atoms with Gasteiger partial charge in [-0.15, -0.1) is 0 Å². The lowest BCUT2D eigenvalue weighted by Crippen LogP contribution is -2.53. The summed E-state index contributed by atoms with van der Waals surface area (Å²) in [6, 6.07) is 14.0. The number of aromatic nitrogens is 2. The van der Waals surface area contributed by atoms with Gasteiger partial charge in [-0.1, -0.05) is 23.7 Å². The van der Waals surface area contributed by atoms with Crippen molar-refractivity contribution in [1.29, 1.82) is 0 Å². The monoisotopic (exact) mass is 548 g/mol. The molecule has 0 saturated carbocycles. The Labute approximate surface area is 233 Å². The van der Waals surface area contributed by atoms with E-state index in [0.717, 1.165) is 43.0 Å². The van der Waals surface area contributed by atoms with Crippen molar-refractivity contribution in [2.24, 2.45) is 7.05 Å². The van der Waals surface area contributed by atoms with Crippen LogP contribution in [0.15, 0.2) is 65.7 Å². The maximum atomic E-state index is 15.0. The van der Waals surface area contributed by atoms with E-state index in [9.17, 15) is 14.3 Å². The predicted molar refractivity (Wildman–Crippen MR) is 157 cm³/mol. The number of aromatic hydroxyl groups is 1. The molecule has 0 atom stereocenters. The van der Waals surface area contributed by atoms with Crippen molar-refractivity contribution >= 4 is 17.3 Å². The largest absolute Gasteiger partial charge is 0.507 e. The van der Waals surface area contributed by atoms with Crippen LogP contribution in [0.4, 0.5) is 10.1 Å². The molecule has 0 aliphatic carbocycles. The standard InChI is InChI=1S/C31H34ClFN4O2/c1-20-15-22(17-27(32)28(20)37-14-9-34(5)30(37)39)26-19-23(33)18-25(29(26)38)21-7-6-8-24(16-21)35-10-12-36(13-11-35)31(2,3)4/h6-9,14-19,38H,10-13H2,1-5H3. The van der Waals surface area contributed by atoms with Crippen molar-refractivity contribution in [2.75, 3.05) is 31.1 Å². The van der Waals surface area contributed by atoms with E-state index in [1.165, 1.54) is 21.3 Å². The van der Waals surface area contributed by atoms with Gasteiger partial charge in [-0.05, 0) is 80.8 Å². The maximum Gasteiger partial charge on any atom is 0.332 e. The van der Waals surface area contributed by atoms with Gasteiger partial charge in [-0.25, -0.2) is 9.18 Å². The van der Waals surface area contributed by atoms with Gasteiger partial charge in [0.25, 0.3) is 0 Å². The van der Waals surface area contributed by atoms with Crippen LogP contribution in [0.3, 0.4) is 0 Å². The smallest absolute Gasteiger partial charge is 0.332 e. The Morgan fingerprint density at radius 1 is 0.923 bits per heavy atom. The average Bonchev–Trinajstić information content (AvgIpc) is 3.22. The number of benzene rings is 3. The van der Waals surface area contributed by atoms with Crippen molar-refractivity contribution < 1.29 is 9.50 Å². The van der Waals surface area contributed by atoms with Gasteiger partial charge in [-0.3, -0.25) is 9.47 Å². The van der Waals surface area contributed by atoms with Crippen molar-refractivity contribution in [1.82, 2.24) is 14.0 Å². The molecule has 2 heterocycles. The zero-order valence-corrected chi connectivity index (χ0v) is 23.8. The summed E-state index contributed by atoms with van der Waals surface area (Å²) in [6.07, 6.45) is 3.32. The molecule has 1 fully saturated rings. The SMILES string of the molecule is Cc1cc(-c2cc(F)cc(-c3cccc(N4CCN(C(C)(C)C)CC4)c3)c2O)cc(Cl)c1-n1ccn(C)c1=O. The fourth-order valence-electron chi connectivity index (χ4n) is 5.38. The van der Waals surface area contributed by atoms with Crippen LogP contribution in [0.25, 0.3) is 27.9 Å². The Kier molecular flexibility index (Phi) is 7.08. The van der Waals surface area contributed by atoms with Gasteiger partial charge in [0.1, 0.15) is 11.6 Å². The Hall–Kier alpha value is -3.55. The highest BCUT2D eigenvalue weighted by molar-refractivity contribution is 6.33. The van der Waals surface area contributed by atoms with Crippen molar-refractivity contribution in [3.8, 4) is 33.7 Å². The molecule has 8 heteroatoms. The van der Waals surface area contributed by atoms with Gasteiger partial charge >= 0.3 is 5.69 Å². The normalized spacial score (nSPS) is 14.7. The molecule has 1 N–H and O–H groups in total. The topological polar surface area (TPSA) is 53.6 Å². The first-order valence-electron chi connectivity index (χ1n) is 13.1. The summed E-state index contributed by atoms with van der Waals surface area (Å²) in [5, 5.41) is 11.7. The molecule has 5 rings (SSSR count). The Morgan fingerprint density at radius 2 is 1.59 bits per heavy atom. The van der Waals surface area contributed by atoms with Gasteiger partial charge < -0.3 is 14.6 Å². The third-order valence-corrected chi connectivity index (χ3v) is 7.87. The molecule has 1 aliphatic heterocycles. The van der Waals surface area contributed by atoms with E-state index in [1.54, 1.807) is 25.5 Å². The molecule has 0 bridgehead atoms. The van der Waals surface area contributed by atoms with Crippen LogP contribution >= 0.6 is 11.6 Å². The van der Waals surface area contributed by atoms with E-state index in [2.05, 4.69) is 36.6 Å². The number of phenols is 1. The second-order valence-corrected chi connectivity index (χ2v) is 11.6. The number of halogens is 2. The number of hydrogen-bond acceptors (Lipinski definition) is 4. The molecule has 4 aromatic rings. The average molecular weight is 549 g/mol. The Morgan fingerprint density at radius 3 is 2.18 bits per heavy atom. The summed E-state index contributed by atoms with van der Waals surface area (Å²) < 4.78 is 17.9. The second kappa shape index (κ2) is 10.2. The number of nitrogens with zero attached hydrogens (tertiary/aromatic N) is 4. The summed E-state index contributed by atoms with van der Waals surface area (Å²) in [5.74, 6) is -0.481. The molecule has 1 saturated heterocycles. The molecular formula is C31H34ClFN4O2. The lowest BCUT2D eigenvalue weighted by molar-refractivity contribution is 0.128. The lowest BCUT2D eigenvalue weighted by atomic mass is 9.95. The van der Waals surface area contributed by atoms with Crippen LogP contribution in [-0.4, -0.2) is 50.9 Å². The minimum absolute atomic E-state index is 0.0220. The number of aryl methyl sites for hydroxylation is 2. The van der Waals surface area contributed by atoms with Crippen LogP contribution in [0, 0.1) is 12.7 Å². The number of imidazole rings is 1. The Bertz CT molecular complexity index is 1570. The summed E-state index contributed by atoms with van der Waals surface area (Å²) in [4.78, 5) is 17.3. The molecule has 204 valence electrons. The zero-order chi connectivity index (χ0) is 28.1. The third kappa shape index (κ3) is 5.21. The minimum Gasteiger partial charge on any atom is -0.507 e. The van der Waals surface area contributed by atoms with Gasteiger partial charge in [0, 0.05) is 68.0 Å². The van der Waals surface area contributed by atoms with Crippen molar-refractivity contribution in [2.45, 2.75) is 33.2 Å². The zero-order valence-electron chi connectivity index (χ0n) is 23.0. The first-order valence-corrected chi connectivity index (χ1v) is 13.5. The molecule has 1 aromatic heterocycles. The number of rotatable bonds is 4. The van der Waals surface area contributed by atoms with Gasteiger partial charge in [0.05, 0.1) is 10.7 Å². The van der Waals surface area contributed by atoms with Crippen LogP contribution in [0.2, 0.25) is 5.02 Å². The summed E-state index contributed by atoms with van der Waals surface area (Å²) >= 11 is 6.64. The minimum atomic E-state index is -0.459. The highest BCUT2D eigenvalue weighted by atomic mass is 35.5. The van der Waals surface area contributed by atoms with Crippen LogP contribution < -0.4 is 10.6 Å². The summed E-state index contributed by atoms with van der Waals surface area (Å²) in [5.41, 5.74) is 4.30. The fourth-order valence-corrected chi connectivity index (χ4v) is 5.73. The molecule has 39 heavy (non-hydrogen) atoms. The lowest BCUT2D eigenvalue weighted by Gasteiger charge is -2.43. The van der Waals surface area contributed by atoms with Gasteiger partial charge in [0.15, 0.2) is 0 Å². The van der Waals surface area contributed by atoms with E-state index in [0.29, 0.717) is 27.4 Å². The number of piperazine rings is 1. The highest BCUT2D eigenvalue weighted by Crippen LogP contribution is 2.42. The summed E-state index contributed by atoms with van der Waals surface area (Å²) in [6.45, 7) is 12.3. The molecule has 1 aliphatic rings. The van der Waals surface area contributed by atoms with Crippen LogP contribution in [-0.2, 0) is 7.05 Å². The second-order valence-electron chi connectivity index (χ2n) is 11.2. The Balaban J connectivity index is 1.50. The van der Waals surface area contributed by atoms with Gasteiger partial charge in [0.2, 0.25) is 0 Å². The first-order chi connectivity index (χ1) is 18.4. The van der Waals surface area contributed by atoms with Crippen molar-refractivity contribution in [3.05, 3.63) is 87.8 Å². The van der Waals surface area contributed by atoms with E-state index in [4.69, 9.17) is 11.6 Å². The third-order valence-electron chi connectivity index (χ3n) is 7.58. The molecular weight excluding hydrogens is 515 g/mol. The first kappa shape index (κ1) is 27.0. The predicted octanol–water partition coefficient (Wildman–Crippen LogP) is 6.24. The summed E-state index contributed by atoms with van der Waals surface area (Å²) in [7, 11) is 1.67. The van der Waals surface area contributed by atoms with Gasteiger partial charge in [-0.2, -0.15) is 0 Å². The number of phenolic OH excluding ortho intramolecular Hbond substituents is 1. The van der Waals surface area contributed by atoms with E-state index >= 15 is 0 Å². The molecule has 6 nitrogen and oxygen atoms in total. The van der Waals surface area contributed by atoms with E-state index in [1.807, 2.05) is 31.2 Å². The van der Waals surface area contributed by atoms with Crippen LogP contribution in [0.5, 0.6) is 5.75 Å². The molecule has 0 amide bonds. The highest BCUT2D eigenvalue weighted by Gasteiger charge is 2.26. The number of anilines is 1.